The van der Waals surface area contributed by atoms with Gasteiger partial charge in [-0.05, 0) is 24.8 Å². The van der Waals surface area contributed by atoms with Crippen LogP contribution in [0, 0.1) is 0 Å². The molecule has 5 nitrogen and oxygen atoms in total. The number of aliphatic hydroxyl groups excluding tert-OH is 1. The van der Waals surface area contributed by atoms with Crippen LogP contribution in [-0.4, -0.2) is 41.0 Å². The van der Waals surface area contributed by atoms with Gasteiger partial charge in [0.15, 0.2) is 0 Å². The van der Waals surface area contributed by atoms with Crippen molar-refractivity contribution in [2.75, 3.05) is 13.1 Å². The standard InChI is InChI=1S/C16H22N2O3/c1-12(19)17-11-16(21)18-9-5-8-14(18)10-15(20)13-6-3-2-4-7-13/h2-4,6-7,14-15,20H,5,8-11H2,1H3,(H,17,19)/t14-,15+/m0/s1. The van der Waals surface area contributed by atoms with Gasteiger partial charge >= 0.3 is 0 Å². The highest BCUT2D eigenvalue weighted by Gasteiger charge is 2.30. The molecule has 1 aliphatic rings. The zero-order chi connectivity index (χ0) is 15.2. The van der Waals surface area contributed by atoms with Crippen molar-refractivity contribution in [2.24, 2.45) is 0 Å². The van der Waals surface area contributed by atoms with E-state index in [0.29, 0.717) is 13.0 Å². The largest absolute Gasteiger partial charge is 0.388 e. The van der Waals surface area contributed by atoms with Gasteiger partial charge in [0, 0.05) is 19.5 Å². The molecule has 0 radical (unpaired) electrons. The molecule has 21 heavy (non-hydrogen) atoms. The average Bonchev–Trinajstić information content (AvgIpc) is 2.93. The predicted octanol–water partition coefficient (Wildman–Crippen LogP) is 1.24. The first-order valence-electron chi connectivity index (χ1n) is 7.35. The average molecular weight is 290 g/mol. The number of hydrogen-bond donors (Lipinski definition) is 2. The van der Waals surface area contributed by atoms with E-state index in [9.17, 15) is 14.7 Å². The molecule has 2 N–H and O–H groups in total. The minimum Gasteiger partial charge on any atom is -0.388 e. The van der Waals surface area contributed by atoms with Crippen LogP contribution in [0.25, 0.3) is 0 Å². The number of rotatable bonds is 5. The maximum Gasteiger partial charge on any atom is 0.242 e. The van der Waals surface area contributed by atoms with E-state index in [4.69, 9.17) is 0 Å². The summed E-state index contributed by atoms with van der Waals surface area (Å²) in [6.07, 6.45) is 1.81. The van der Waals surface area contributed by atoms with Gasteiger partial charge in [-0.1, -0.05) is 30.3 Å². The summed E-state index contributed by atoms with van der Waals surface area (Å²) in [5.41, 5.74) is 0.874. The van der Waals surface area contributed by atoms with Crippen LogP contribution >= 0.6 is 0 Å². The molecule has 1 aromatic rings. The molecule has 1 aromatic carbocycles. The Morgan fingerprint density at radius 2 is 2.10 bits per heavy atom. The molecule has 114 valence electrons. The van der Waals surface area contributed by atoms with Crippen LogP contribution in [0.4, 0.5) is 0 Å². The molecule has 2 amide bonds. The predicted molar refractivity (Wildman–Crippen MR) is 79.4 cm³/mol. The summed E-state index contributed by atoms with van der Waals surface area (Å²) >= 11 is 0. The number of nitrogens with one attached hydrogen (secondary N) is 1. The normalized spacial score (nSPS) is 19.3. The number of hydrogen-bond acceptors (Lipinski definition) is 3. The van der Waals surface area contributed by atoms with Gasteiger partial charge in [0.05, 0.1) is 12.6 Å². The Morgan fingerprint density at radius 3 is 2.76 bits per heavy atom. The van der Waals surface area contributed by atoms with Crippen molar-refractivity contribution in [1.29, 1.82) is 0 Å². The molecular weight excluding hydrogens is 268 g/mol. The maximum atomic E-state index is 12.1. The second-order valence-corrected chi connectivity index (χ2v) is 5.46. The third kappa shape index (κ3) is 4.29. The minimum absolute atomic E-state index is 0.0350. The summed E-state index contributed by atoms with van der Waals surface area (Å²) in [5.74, 6) is -0.281. The topological polar surface area (TPSA) is 69.6 Å². The second-order valence-electron chi connectivity index (χ2n) is 5.46. The lowest BCUT2D eigenvalue weighted by molar-refractivity contribution is -0.133. The van der Waals surface area contributed by atoms with E-state index in [2.05, 4.69) is 5.32 Å². The van der Waals surface area contributed by atoms with Crippen LogP contribution in [0.3, 0.4) is 0 Å². The van der Waals surface area contributed by atoms with Gasteiger partial charge in [0.2, 0.25) is 11.8 Å². The lowest BCUT2D eigenvalue weighted by Gasteiger charge is -2.26. The minimum atomic E-state index is -0.564. The fourth-order valence-electron chi connectivity index (χ4n) is 2.78. The van der Waals surface area contributed by atoms with Gasteiger partial charge in [-0.3, -0.25) is 9.59 Å². The molecular formula is C16H22N2O3. The Morgan fingerprint density at radius 1 is 1.38 bits per heavy atom. The first-order chi connectivity index (χ1) is 10.1. The SMILES string of the molecule is CC(=O)NCC(=O)N1CCC[C@H]1C[C@@H](O)c1ccccc1. The van der Waals surface area contributed by atoms with Crippen LogP contribution in [0.2, 0.25) is 0 Å². The van der Waals surface area contributed by atoms with Crippen LogP contribution in [-0.2, 0) is 9.59 Å². The van der Waals surface area contributed by atoms with E-state index in [1.54, 1.807) is 4.90 Å². The molecule has 0 saturated carbocycles. The van der Waals surface area contributed by atoms with Crippen molar-refractivity contribution in [3.05, 3.63) is 35.9 Å². The smallest absolute Gasteiger partial charge is 0.242 e. The second kappa shape index (κ2) is 7.22. The number of benzene rings is 1. The van der Waals surface area contributed by atoms with Gasteiger partial charge in [0.25, 0.3) is 0 Å². The number of aliphatic hydroxyl groups is 1. The summed E-state index contributed by atoms with van der Waals surface area (Å²) in [5, 5.41) is 12.8. The number of carbonyl (C=O) groups is 2. The highest BCUT2D eigenvalue weighted by molar-refractivity contribution is 5.84. The summed E-state index contributed by atoms with van der Waals surface area (Å²) in [6, 6.07) is 9.53. The van der Waals surface area contributed by atoms with Crippen LogP contribution in [0.15, 0.2) is 30.3 Å². The lowest BCUT2D eigenvalue weighted by Crippen LogP contribution is -2.42. The molecule has 0 bridgehead atoms. The Labute approximate surface area is 125 Å². The van der Waals surface area contributed by atoms with E-state index >= 15 is 0 Å². The fourth-order valence-corrected chi connectivity index (χ4v) is 2.78. The van der Waals surface area contributed by atoms with E-state index in [1.165, 1.54) is 6.92 Å². The molecule has 0 spiro atoms. The van der Waals surface area contributed by atoms with Crippen molar-refractivity contribution in [1.82, 2.24) is 10.2 Å². The zero-order valence-corrected chi connectivity index (χ0v) is 12.3. The third-order valence-electron chi connectivity index (χ3n) is 3.87. The van der Waals surface area contributed by atoms with Crippen molar-refractivity contribution < 1.29 is 14.7 Å². The summed E-state index contributed by atoms with van der Waals surface area (Å²) < 4.78 is 0. The van der Waals surface area contributed by atoms with Gasteiger partial charge in [-0.2, -0.15) is 0 Å². The highest BCUT2D eigenvalue weighted by Crippen LogP contribution is 2.27. The van der Waals surface area contributed by atoms with E-state index in [-0.39, 0.29) is 24.4 Å². The van der Waals surface area contributed by atoms with E-state index in [0.717, 1.165) is 18.4 Å². The Hall–Kier alpha value is -1.88. The summed E-state index contributed by atoms with van der Waals surface area (Å²) in [6.45, 7) is 2.13. The Balaban J connectivity index is 1.92. The molecule has 2 rings (SSSR count). The van der Waals surface area contributed by atoms with Crippen LogP contribution in [0.1, 0.15) is 37.9 Å². The number of nitrogens with zero attached hydrogens (tertiary/aromatic N) is 1. The molecule has 1 aliphatic heterocycles. The van der Waals surface area contributed by atoms with Crippen LogP contribution in [0.5, 0.6) is 0 Å². The van der Waals surface area contributed by atoms with Crippen molar-refractivity contribution >= 4 is 11.8 Å². The van der Waals surface area contributed by atoms with Crippen molar-refractivity contribution in [3.8, 4) is 0 Å². The number of amides is 2. The Bertz CT molecular complexity index is 490. The third-order valence-corrected chi connectivity index (χ3v) is 3.87. The van der Waals surface area contributed by atoms with Crippen molar-refractivity contribution in [2.45, 2.75) is 38.3 Å². The fraction of sp³-hybridized carbons (Fsp3) is 0.500. The van der Waals surface area contributed by atoms with Gasteiger partial charge < -0.3 is 15.3 Å². The summed E-state index contributed by atoms with van der Waals surface area (Å²) in [7, 11) is 0. The Kier molecular flexibility index (Phi) is 5.33. The van der Waals surface area contributed by atoms with Crippen LogP contribution < -0.4 is 5.32 Å². The summed E-state index contributed by atoms with van der Waals surface area (Å²) in [4.78, 5) is 24.8. The molecule has 1 saturated heterocycles. The molecule has 0 unspecified atom stereocenters. The molecule has 0 aromatic heterocycles. The first-order valence-corrected chi connectivity index (χ1v) is 7.35. The maximum absolute atomic E-state index is 12.1. The van der Waals surface area contributed by atoms with Crippen molar-refractivity contribution in [3.63, 3.8) is 0 Å². The number of carbonyl (C=O) groups excluding carboxylic acids is 2. The molecule has 5 heteroatoms. The molecule has 1 fully saturated rings. The van der Waals surface area contributed by atoms with E-state index < -0.39 is 6.10 Å². The molecule has 1 heterocycles. The monoisotopic (exact) mass is 290 g/mol. The lowest BCUT2D eigenvalue weighted by atomic mass is 10.0. The quantitative estimate of drug-likeness (QED) is 0.857. The highest BCUT2D eigenvalue weighted by atomic mass is 16.3. The van der Waals surface area contributed by atoms with E-state index in [1.807, 2.05) is 30.3 Å². The van der Waals surface area contributed by atoms with Gasteiger partial charge in [0.1, 0.15) is 0 Å². The first kappa shape index (κ1) is 15.5. The zero-order valence-electron chi connectivity index (χ0n) is 12.3. The number of likely N-dealkylation sites (tertiary alicyclic amines) is 1. The van der Waals surface area contributed by atoms with Gasteiger partial charge in [-0.25, -0.2) is 0 Å². The van der Waals surface area contributed by atoms with Gasteiger partial charge in [-0.15, -0.1) is 0 Å². The molecule has 0 aliphatic carbocycles. The molecule has 2 atom stereocenters.